The maximum absolute atomic E-state index is 11.8. The molecule has 2 rings (SSSR count). The van der Waals surface area contributed by atoms with Gasteiger partial charge in [-0.05, 0) is 37.5 Å². The molecule has 1 unspecified atom stereocenters. The summed E-state index contributed by atoms with van der Waals surface area (Å²) < 4.78 is 34.7. The molecular weight excluding hydrogens is 350 g/mol. The third-order valence-electron chi connectivity index (χ3n) is 4.28. The van der Waals surface area contributed by atoms with Crippen molar-refractivity contribution in [2.75, 3.05) is 31.8 Å². The van der Waals surface area contributed by atoms with Crippen LogP contribution in [0.5, 0.6) is 11.5 Å². The molecule has 136 valence electrons. The van der Waals surface area contributed by atoms with Crippen molar-refractivity contribution in [3.05, 3.63) is 22.7 Å². The quantitative estimate of drug-likeness (QED) is 0.764. The van der Waals surface area contributed by atoms with E-state index < -0.39 is 9.84 Å². The number of sulfone groups is 1. The Labute approximate surface area is 149 Å². The molecule has 0 saturated carbocycles. The number of methoxy groups -OCH3 is 1. The van der Waals surface area contributed by atoms with Crippen LogP contribution in [0.25, 0.3) is 0 Å². The second-order valence-electron chi connectivity index (χ2n) is 6.22. The van der Waals surface area contributed by atoms with Gasteiger partial charge in [0.05, 0.1) is 30.2 Å². The van der Waals surface area contributed by atoms with Crippen LogP contribution in [0.4, 0.5) is 0 Å². The maximum atomic E-state index is 11.8. The summed E-state index contributed by atoms with van der Waals surface area (Å²) in [5.74, 6) is 1.65. The molecule has 0 spiro atoms. The first kappa shape index (κ1) is 19.3. The molecule has 1 saturated heterocycles. The minimum absolute atomic E-state index is 0.208. The Kier molecular flexibility index (Phi) is 6.78. The van der Waals surface area contributed by atoms with Gasteiger partial charge >= 0.3 is 0 Å². The molecular formula is C17H26ClNO4S. The molecule has 1 aliphatic heterocycles. The first-order valence-electron chi connectivity index (χ1n) is 8.30. The largest absolute Gasteiger partial charge is 0.493 e. The van der Waals surface area contributed by atoms with Crippen molar-refractivity contribution >= 4 is 21.4 Å². The first-order valence-corrected chi connectivity index (χ1v) is 10.5. The van der Waals surface area contributed by atoms with E-state index in [0.717, 1.165) is 12.0 Å². The van der Waals surface area contributed by atoms with Gasteiger partial charge in [0.2, 0.25) is 0 Å². The molecule has 1 aliphatic rings. The van der Waals surface area contributed by atoms with Gasteiger partial charge in [-0.25, -0.2) is 8.42 Å². The molecule has 7 heteroatoms. The van der Waals surface area contributed by atoms with Crippen molar-refractivity contribution in [1.82, 2.24) is 4.90 Å². The highest BCUT2D eigenvalue weighted by molar-refractivity contribution is 7.91. The summed E-state index contributed by atoms with van der Waals surface area (Å²) >= 11 is 6.36. The number of benzene rings is 1. The monoisotopic (exact) mass is 375 g/mol. The van der Waals surface area contributed by atoms with E-state index in [0.29, 0.717) is 42.6 Å². The molecule has 1 fully saturated rings. The molecule has 0 aromatic heterocycles. The summed E-state index contributed by atoms with van der Waals surface area (Å²) in [5, 5.41) is 0.521. The second-order valence-corrected chi connectivity index (χ2v) is 8.93. The van der Waals surface area contributed by atoms with Gasteiger partial charge in [0.25, 0.3) is 0 Å². The molecule has 0 aliphatic carbocycles. The van der Waals surface area contributed by atoms with Crippen LogP contribution in [0, 0.1) is 0 Å². The fourth-order valence-electron chi connectivity index (χ4n) is 2.79. The number of hydrogen-bond acceptors (Lipinski definition) is 5. The van der Waals surface area contributed by atoms with E-state index in [2.05, 4.69) is 11.8 Å². The Balaban J connectivity index is 2.18. The fourth-order valence-corrected chi connectivity index (χ4v) is 4.49. The fraction of sp³-hybridized carbons (Fsp3) is 0.647. The van der Waals surface area contributed by atoms with Crippen molar-refractivity contribution in [2.24, 2.45) is 0 Å². The van der Waals surface area contributed by atoms with E-state index in [1.165, 1.54) is 0 Å². The van der Waals surface area contributed by atoms with Crippen LogP contribution in [0.1, 0.15) is 32.3 Å². The normalized spacial score (nSPS) is 21.2. The lowest BCUT2D eigenvalue weighted by Crippen LogP contribution is -2.33. The Morgan fingerprint density at radius 3 is 2.75 bits per heavy atom. The SMILES string of the molecule is CCCOc1c(Cl)cc(CN2CCS(=O)(=O)CCC2C)cc1OC. The highest BCUT2D eigenvalue weighted by atomic mass is 35.5. The average Bonchev–Trinajstić information content (AvgIpc) is 2.66. The highest BCUT2D eigenvalue weighted by Gasteiger charge is 2.25. The van der Waals surface area contributed by atoms with Gasteiger partial charge in [-0.15, -0.1) is 0 Å². The zero-order valence-electron chi connectivity index (χ0n) is 14.5. The lowest BCUT2D eigenvalue weighted by molar-refractivity contribution is 0.212. The first-order chi connectivity index (χ1) is 11.4. The van der Waals surface area contributed by atoms with Crippen LogP contribution in [-0.2, 0) is 16.4 Å². The molecule has 1 heterocycles. The zero-order valence-corrected chi connectivity index (χ0v) is 16.1. The predicted octanol–water partition coefficient (Wildman–Crippen LogP) is 3.15. The molecule has 5 nitrogen and oxygen atoms in total. The van der Waals surface area contributed by atoms with E-state index in [4.69, 9.17) is 21.1 Å². The minimum atomic E-state index is -2.93. The molecule has 0 bridgehead atoms. The van der Waals surface area contributed by atoms with Gasteiger partial charge in [-0.2, -0.15) is 0 Å². The summed E-state index contributed by atoms with van der Waals surface area (Å²) in [4.78, 5) is 2.18. The maximum Gasteiger partial charge on any atom is 0.179 e. The van der Waals surface area contributed by atoms with E-state index in [-0.39, 0.29) is 17.5 Å². The minimum Gasteiger partial charge on any atom is -0.493 e. The van der Waals surface area contributed by atoms with Crippen LogP contribution in [0.2, 0.25) is 5.02 Å². The number of nitrogens with zero attached hydrogens (tertiary/aromatic N) is 1. The average molecular weight is 376 g/mol. The van der Waals surface area contributed by atoms with E-state index in [1.54, 1.807) is 7.11 Å². The standard InChI is InChI=1S/C17H26ClNO4S/c1-4-7-23-17-15(18)10-14(11-16(17)22-3)12-19-6-9-24(20,21)8-5-13(19)2/h10-11,13H,4-9,12H2,1-3H3. The summed E-state index contributed by atoms with van der Waals surface area (Å²) in [7, 11) is -1.34. The van der Waals surface area contributed by atoms with Crippen molar-refractivity contribution < 1.29 is 17.9 Å². The third kappa shape index (κ3) is 5.01. The summed E-state index contributed by atoms with van der Waals surface area (Å²) in [6, 6.07) is 4.01. The van der Waals surface area contributed by atoms with E-state index >= 15 is 0 Å². The van der Waals surface area contributed by atoms with Gasteiger partial charge in [-0.3, -0.25) is 4.90 Å². The molecule has 0 radical (unpaired) electrons. The third-order valence-corrected chi connectivity index (χ3v) is 6.23. The number of hydrogen-bond donors (Lipinski definition) is 0. The second kappa shape index (κ2) is 8.41. The lowest BCUT2D eigenvalue weighted by atomic mass is 10.1. The molecule has 0 N–H and O–H groups in total. The van der Waals surface area contributed by atoms with Crippen molar-refractivity contribution in [3.8, 4) is 11.5 Å². The summed E-state index contributed by atoms with van der Waals surface area (Å²) in [5.41, 5.74) is 0.992. The van der Waals surface area contributed by atoms with Crippen LogP contribution >= 0.6 is 11.6 Å². The summed E-state index contributed by atoms with van der Waals surface area (Å²) in [6.07, 6.45) is 1.55. The Bertz CT molecular complexity index is 663. The number of ether oxygens (including phenoxy) is 2. The van der Waals surface area contributed by atoms with Gasteiger partial charge in [0.1, 0.15) is 0 Å². The van der Waals surface area contributed by atoms with Crippen LogP contribution in [0.3, 0.4) is 0 Å². The zero-order chi connectivity index (χ0) is 17.7. The number of rotatable bonds is 6. The van der Waals surface area contributed by atoms with E-state index in [9.17, 15) is 8.42 Å². The predicted molar refractivity (Wildman–Crippen MR) is 96.9 cm³/mol. The van der Waals surface area contributed by atoms with Gasteiger partial charge in [0.15, 0.2) is 21.3 Å². The van der Waals surface area contributed by atoms with E-state index in [1.807, 2.05) is 19.1 Å². The Hall–Kier alpha value is -0.980. The van der Waals surface area contributed by atoms with Gasteiger partial charge in [-0.1, -0.05) is 18.5 Å². The molecule has 24 heavy (non-hydrogen) atoms. The molecule has 1 aromatic carbocycles. The number of halogens is 1. The topological polar surface area (TPSA) is 55.8 Å². The highest BCUT2D eigenvalue weighted by Crippen LogP contribution is 2.37. The van der Waals surface area contributed by atoms with Gasteiger partial charge in [0, 0.05) is 19.1 Å². The summed E-state index contributed by atoms with van der Waals surface area (Å²) in [6.45, 7) is 5.86. The van der Waals surface area contributed by atoms with Crippen molar-refractivity contribution in [3.63, 3.8) is 0 Å². The molecule has 1 aromatic rings. The van der Waals surface area contributed by atoms with Crippen molar-refractivity contribution in [2.45, 2.75) is 39.3 Å². The molecule has 0 amide bonds. The van der Waals surface area contributed by atoms with Crippen LogP contribution < -0.4 is 9.47 Å². The Morgan fingerprint density at radius 1 is 1.33 bits per heavy atom. The van der Waals surface area contributed by atoms with Gasteiger partial charge < -0.3 is 9.47 Å². The van der Waals surface area contributed by atoms with Crippen LogP contribution in [-0.4, -0.2) is 51.1 Å². The lowest BCUT2D eigenvalue weighted by Gasteiger charge is -2.26. The van der Waals surface area contributed by atoms with Crippen molar-refractivity contribution in [1.29, 1.82) is 0 Å². The molecule has 1 atom stereocenters. The Morgan fingerprint density at radius 2 is 2.08 bits per heavy atom. The smallest absolute Gasteiger partial charge is 0.179 e. The van der Waals surface area contributed by atoms with Crippen LogP contribution in [0.15, 0.2) is 12.1 Å².